The van der Waals surface area contributed by atoms with E-state index in [4.69, 9.17) is 11.6 Å². The van der Waals surface area contributed by atoms with Gasteiger partial charge in [-0.1, -0.05) is 41.9 Å². The summed E-state index contributed by atoms with van der Waals surface area (Å²) in [6.45, 7) is 4.39. The number of amides is 1. The number of carbonyl (C=O) groups excluding carboxylic acids is 1. The zero-order valence-corrected chi connectivity index (χ0v) is 15.3. The second-order valence-corrected chi connectivity index (χ2v) is 6.42. The lowest BCUT2D eigenvalue weighted by Crippen LogP contribution is -2.23. The molecule has 1 amide bonds. The third-order valence-corrected chi connectivity index (χ3v) is 4.32. The molecule has 0 aliphatic heterocycles. The largest absolute Gasteiger partial charge is 0.348 e. The van der Waals surface area contributed by atoms with E-state index in [1.807, 2.05) is 50.2 Å². The van der Waals surface area contributed by atoms with Crippen LogP contribution in [-0.2, 0) is 6.54 Å². The Morgan fingerprint density at radius 3 is 2.54 bits per heavy atom. The number of nitrogens with one attached hydrogen (secondary N) is 2. The Bertz CT molecular complexity index is 925. The van der Waals surface area contributed by atoms with Crippen LogP contribution >= 0.6 is 11.6 Å². The lowest BCUT2D eigenvalue weighted by molar-refractivity contribution is 0.0950. The van der Waals surface area contributed by atoms with Gasteiger partial charge in [0.2, 0.25) is 5.95 Å². The van der Waals surface area contributed by atoms with Crippen LogP contribution in [0, 0.1) is 13.8 Å². The highest BCUT2D eigenvalue weighted by Crippen LogP contribution is 2.19. The van der Waals surface area contributed by atoms with E-state index in [2.05, 4.69) is 20.6 Å². The van der Waals surface area contributed by atoms with Crippen molar-refractivity contribution in [2.24, 2.45) is 0 Å². The maximum atomic E-state index is 12.2. The van der Waals surface area contributed by atoms with Crippen LogP contribution in [0.25, 0.3) is 0 Å². The third kappa shape index (κ3) is 4.37. The van der Waals surface area contributed by atoms with Crippen LogP contribution in [0.2, 0.25) is 5.02 Å². The number of aryl methyl sites for hydroxylation is 2. The molecule has 0 spiro atoms. The van der Waals surface area contributed by atoms with Gasteiger partial charge in [0.25, 0.3) is 5.91 Å². The minimum atomic E-state index is -0.247. The Balaban J connectivity index is 1.64. The number of rotatable bonds is 5. The molecule has 132 valence electrons. The SMILES string of the molecule is Cc1ccc(C)c(Nc2ncc(C(=O)NCc3ccccc3Cl)cn2)c1. The van der Waals surface area contributed by atoms with Crippen LogP contribution < -0.4 is 10.6 Å². The summed E-state index contributed by atoms with van der Waals surface area (Å²) < 4.78 is 0. The van der Waals surface area contributed by atoms with E-state index in [9.17, 15) is 4.79 Å². The van der Waals surface area contributed by atoms with Crippen LogP contribution in [0.3, 0.4) is 0 Å². The number of hydrogen-bond donors (Lipinski definition) is 2. The molecule has 2 N–H and O–H groups in total. The fourth-order valence-corrected chi connectivity index (χ4v) is 2.62. The summed E-state index contributed by atoms with van der Waals surface area (Å²) in [7, 11) is 0. The average Bonchev–Trinajstić information content (AvgIpc) is 2.64. The Kier molecular flexibility index (Phi) is 5.49. The van der Waals surface area contributed by atoms with E-state index >= 15 is 0 Å². The minimum Gasteiger partial charge on any atom is -0.348 e. The molecule has 0 atom stereocenters. The van der Waals surface area contributed by atoms with Crippen molar-refractivity contribution in [1.82, 2.24) is 15.3 Å². The molecule has 0 saturated carbocycles. The van der Waals surface area contributed by atoms with Crippen LogP contribution in [0.4, 0.5) is 11.6 Å². The first-order valence-electron chi connectivity index (χ1n) is 8.21. The average molecular weight is 367 g/mol. The topological polar surface area (TPSA) is 66.9 Å². The van der Waals surface area contributed by atoms with E-state index in [0.717, 1.165) is 22.4 Å². The van der Waals surface area contributed by atoms with Crippen molar-refractivity contribution in [1.29, 1.82) is 0 Å². The summed E-state index contributed by atoms with van der Waals surface area (Å²) in [6, 6.07) is 13.5. The molecule has 0 aliphatic rings. The maximum absolute atomic E-state index is 12.2. The standard InChI is InChI=1S/C20H19ClN4O/c1-13-7-8-14(2)18(9-13)25-20-23-11-16(12-24-20)19(26)22-10-15-5-3-4-6-17(15)21/h3-9,11-12H,10H2,1-2H3,(H,22,26)(H,23,24,25). The number of carbonyl (C=O) groups is 1. The molecule has 6 heteroatoms. The van der Waals surface area contributed by atoms with Gasteiger partial charge in [0.1, 0.15) is 0 Å². The fourth-order valence-electron chi connectivity index (χ4n) is 2.42. The third-order valence-electron chi connectivity index (χ3n) is 3.95. The molecule has 0 aliphatic carbocycles. The summed E-state index contributed by atoms with van der Waals surface area (Å²) >= 11 is 6.09. The molecule has 0 bridgehead atoms. The summed E-state index contributed by atoms with van der Waals surface area (Å²) in [5.41, 5.74) is 4.44. The van der Waals surface area contributed by atoms with Crippen LogP contribution in [0.1, 0.15) is 27.0 Å². The molecular weight excluding hydrogens is 348 g/mol. The summed E-state index contributed by atoms with van der Waals surface area (Å²) in [4.78, 5) is 20.7. The molecule has 1 aromatic heterocycles. The highest BCUT2D eigenvalue weighted by molar-refractivity contribution is 6.31. The second kappa shape index (κ2) is 7.97. The van der Waals surface area contributed by atoms with Gasteiger partial charge in [-0.2, -0.15) is 0 Å². The van der Waals surface area contributed by atoms with E-state index < -0.39 is 0 Å². The van der Waals surface area contributed by atoms with Gasteiger partial charge in [-0.3, -0.25) is 4.79 Å². The zero-order chi connectivity index (χ0) is 18.5. The lowest BCUT2D eigenvalue weighted by Gasteiger charge is -2.10. The van der Waals surface area contributed by atoms with Gasteiger partial charge >= 0.3 is 0 Å². The van der Waals surface area contributed by atoms with Gasteiger partial charge in [0.05, 0.1) is 5.56 Å². The second-order valence-electron chi connectivity index (χ2n) is 6.01. The van der Waals surface area contributed by atoms with Crippen molar-refractivity contribution in [2.45, 2.75) is 20.4 Å². The molecule has 26 heavy (non-hydrogen) atoms. The van der Waals surface area contributed by atoms with Crippen LogP contribution in [0.15, 0.2) is 54.9 Å². The van der Waals surface area contributed by atoms with Gasteiger partial charge in [0.15, 0.2) is 0 Å². The number of nitrogens with zero attached hydrogens (tertiary/aromatic N) is 2. The Labute approximate surface area is 157 Å². The molecule has 0 unspecified atom stereocenters. The molecule has 1 heterocycles. The first-order valence-corrected chi connectivity index (χ1v) is 8.58. The molecule has 3 aromatic rings. The molecule has 0 radical (unpaired) electrons. The molecule has 0 fully saturated rings. The first kappa shape index (κ1) is 17.9. The molecule has 2 aromatic carbocycles. The van der Waals surface area contributed by atoms with E-state index in [1.54, 1.807) is 6.07 Å². The van der Waals surface area contributed by atoms with Crippen molar-refractivity contribution in [3.8, 4) is 0 Å². The van der Waals surface area contributed by atoms with E-state index in [0.29, 0.717) is 23.1 Å². The van der Waals surface area contributed by atoms with Crippen molar-refractivity contribution in [3.63, 3.8) is 0 Å². The molecule has 5 nitrogen and oxygen atoms in total. The molecule has 3 rings (SSSR count). The number of anilines is 2. The van der Waals surface area contributed by atoms with Gasteiger partial charge in [-0.05, 0) is 42.7 Å². The predicted molar refractivity (Wildman–Crippen MR) is 104 cm³/mol. The van der Waals surface area contributed by atoms with E-state index in [1.165, 1.54) is 12.4 Å². The summed E-state index contributed by atoms with van der Waals surface area (Å²) in [5, 5.41) is 6.61. The Hall–Kier alpha value is -2.92. The normalized spacial score (nSPS) is 10.4. The highest BCUT2D eigenvalue weighted by Gasteiger charge is 2.09. The molecular formula is C20H19ClN4O. The van der Waals surface area contributed by atoms with Crippen LogP contribution in [-0.4, -0.2) is 15.9 Å². The van der Waals surface area contributed by atoms with Gasteiger partial charge in [-0.25, -0.2) is 9.97 Å². The number of halogens is 1. The smallest absolute Gasteiger partial charge is 0.254 e. The monoisotopic (exact) mass is 366 g/mol. The zero-order valence-electron chi connectivity index (χ0n) is 14.6. The van der Waals surface area contributed by atoms with Crippen molar-refractivity contribution >= 4 is 29.1 Å². The Morgan fingerprint density at radius 1 is 1.08 bits per heavy atom. The quantitative estimate of drug-likeness (QED) is 0.701. The van der Waals surface area contributed by atoms with Gasteiger partial charge < -0.3 is 10.6 Å². The van der Waals surface area contributed by atoms with Crippen molar-refractivity contribution in [2.75, 3.05) is 5.32 Å². The first-order chi connectivity index (χ1) is 12.5. The molecule has 0 saturated heterocycles. The fraction of sp³-hybridized carbons (Fsp3) is 0.150. The highest BCUT2D eigenvalue weighted by atomic mass is 35.5. The Morgan fingerprint density at radius 2 is 1.81 bits per heavy atom. The van der Waals surface area contributed by atoms with E-state index in [-0.39, 0.29) is 5.91 Å². The van der Waals surface area contributed by atoms with Crippen molar-refractivity contribution in [3.05, 3.63) is 82.1 Å². The summed E-state index contributed by atoms with van der Waals surface area (Å²) in [6.07, 6.45) is 3.00. The summed E-state index contributed by atoms with van der Waals surface area (Å²) in [5.74, 6) is 0.199. The van der Waals surface area contributed by atoms with Gasteiger partial charge in [-0.15, -0.1) is 0 Å². The number of hydrogen-bond acceptors (Lipinski definition) is 4. The number of aromatic nitrogens is 2. The minimum absolute atomic E-state index is 0.247. The number of benzene rings is 2. The lowest BCUT2D eigenvalue weighted by atomic mass is 10.1. The predicted octanol–water partition coefficient (Wildman–Crippen LogP) is 4.42. The van der Waals surface area contributed by atoms with Crippen LogP contribution in [0.5, 0.6) is 0 Å². The maximum Gasteiger partial charge on any atom is 0.254 e. The van der Waals surface area contributed by atoms with Gasteiger partial charge in [0, 0.05) is 29.6 Å². The van der Waals surface area contributed by atoms with Crippen molar-refractivity contribution < 1.29 is 4.79 Å².